The zero-order chi connectivity index (χ0) is 23.0. The van der Waals surface area contributed by atoms with Gasteiger partial charge in [0.1, 0.15) is 11.5 Å². The summed E-state index contributed by atoms with van der Waals surface area (Å²) >= 11 is 0. The zero-order valence-electron chi connectivity index (χ0n) is 18.8. The number of nitrogens with one attached hydrogen (secondary N) is 1. The van der Waals surface area contributed by atoms with Crippen LogP contribution in [0.25, 0.3) is 0 Å². The highest BCUT2D eigenvalue weighted by Crippen LogP contribution is 2.27. The van der Waals surface area contributed by atoms with Gasteiger partial charge in [0.15, 0.2) is 0 Å². The molecule has 1 heterocycles. The van der Waals surface area contributed by atoms with E-state index in [4.69, 9.17) is 9.47 Å². The number of nitrogens with zero attached hydrogens (tertiary/aromatic N) is 1. The van der Waals surface area contributed by atoms with Crippen LogP contribution >= 0.6 is 0 Å². The van der Waals surface area contributed by atoms with Crippen LogP contribution in [0.1, 0.15) is 43.7 Å². The molecule has 3 rings (SSSR count). The number of piperidine rings is 1. The van der Waals surface area contributed by atoms with Crippen molar-refractivity contribution in [2.45, 2.75) is 50.5 Å². The van der Waals surface area contributed by atoms with Gasteiger partial charge in [-0.3, -0.25) is 4.79 Å². The minimum absolute atomic E-state index is 0.113. The number of carbonyl (C=O) groups is 1. The zero-order valence-corrected chi connectivity index (χ0v) is 19.6. The van der Waals surface area contributed by atoms with Crippen LogP contribution in [0.15, 0.2) is 47.4 Å². The molecule has 8 heteroatoms. The van der Waals surface area contributed by atoms with Crippen molar-refractivity contribution in [3.63, 3.8) is 0 Å². The van der Waals surface area contributed by atoms with Crippen molar-refractivity contribution in [3.05, 3.63) is 53.6 Å². The van der Waals surface area contributed by atoms with E-state index in [1.54, 1.807) is 29.6 Å². The van der Waals surface area contributed by atoms with Gasteiger partial charge in [-0.05, 0) is 67.6 Å². The molecule has 0 bridgehead atoms. The maximum Gasteiger partial charge on any atom is 0.243 e. The molecule has 0 spiro atoms. The van der Waals surface area contributed by atoms with E-state index >= 15 is 0 Å². The molecule has 174 valence electrons. The molecule has 1 saturated heterocycles. The highest BCUT2D eigenvalue weighted by atomic mass is 32.2. The van der Waals surface area contributed by atoms with E-state index < -0.39 is 10.0 Å². The van der Waals surface area contributed by atoms with Crippen LogP contribution in [0.3, 0.4) is 0 Å². The Morgan fingerprint density at radius 2 is 1.88 bits per heavy atom. The Morgan fingerprint density at radius 3 is 2.59 bits per heavy atom. The summed E-state index contributed by atoms with van der Waals surface area (Å²) in [5.74, 6) is 1.24. The summed E-state index contributed by atoms with van der Waals surface area (Å²) in [6.07, 6.45) is 3.45. The first kappa shape index (κ1) is 24.1. The second-order valence-corrected chi connectivity index (χ2v) is 9.73. The first-order valence-electron chi connectivity index (χ1n) is 11.1. The number of methoxy groups -OCH3 is 1. The highest BCUT2D eigenvalue weighted by Gasteiger charge is 2.26. The second-order valence-electron chi connectivity index (χ2n) is 7.80. The van der Waals surface area contributed by atoms with E-state index in [9.17, 15) is 13.2 Å². The first-order chi connectivity index (χ1) is 15.4. The monoisotopic (exact) mass is 460 g/mol. The van der Waals surface area contributed by atoms with Gasteiger partial charge in [-0.2, -0.15) is 4.31 Å². The molecule has 1 amide bonds. The normalized spacial score (nSPS) is 14.7. The smallest absolute Gasteiger partial charge is 0.243 e. The van der Waals surface area contributed by atoms with Crippen molar-refractivity contribution in [2.24, 2.45) is 0 Å². The van der Waals surface area contributed by atoms with E-state index in [0.717, 1.165) is 30.6 Å². The molecule has 0 atom stereocenters. The number of ether oxygens (including phenoxy) is 2. The lowest BCUT2D eigenvalue weighted by atomic mass is 10.1. The molecular formula is C24H32N2O5S. The average Bonchev–Trinajstić information content (AvgIpc) is 2.82. The molecule has 0 unspecified atom stereocenters. The third-order valence-electron chi connectivity index (χ3n) is 5.53. The van der Waals surface area contributed by atoms with Crippen molar-refractivity contribution in [1.82, 2.24) is 9.62 Å². The van der Waals surface area contributed by atoms with E-state index in [1.165, 1.54) is 0 Å². The average molecular weight is 461 g/mol. The number of benzene rings is 2. The van der Waals surface area contributed by atoms with Crippen LogP contribution in [0.5, 0.6) is 11.5 Å². The summed E-state index contributed by atoms with van der Waals surface area (Å²) < 4.78 is 38.4. The highest BCUT2D eigenvalue weighted by molar-refractivity contribution is 7.89. The number of amides is 1. The van der Waals surface area contributed by atoms with Crippen LogP contribution < -0.4 is 14.8 Å². The minimum atomic E-state index is -3.54. The Hall–Kier alpha value is -2.58. The molecule has 0 aliphatic carbocycles. The molecule has 0 radical (unpaired) electrons. The number of carbonyl (C=O) groups excluding carboxylic acids is 1. The Morgan fingerprint density at radius 1 is 1.09 bits per heavy atom. The van der Waals surface area contributed by atoms with Crippen LogP contribution in [-0.2, 0) is 27.8 Å². The fourth-order valence-corrected chi connectivity index (χ4v) is 5.38. The van der Waals surface area contributed by atoms with Gasteiger partial charge in [-0.25, -0.2) is 8.42 Å². The van der Waals surface area contributed by atoms with E-state index in [0.29, 0.717) is 44.0 Å². The van der Waals surface area contributed by atoms with Crippen molar-refractivity contribution in [3.8, 4) is 11.5 Å². The maximum absolute atomic E-state index is 13.0. The van der Waals surface area contributed by atoms with Gasteiger partial charge < -0.3 is 14.8 Å². The SMILES string of the molecule is CCOc1cccc(CNC(=O)CCc2cc(S(=O)(=O)N3CCCCC3)ccc2OC)c1. The fourth-order valence-electron chi connectivity index (χ4n) is 3.81. The quantitative estimate of drug-likeness (QED) is 0.586. The lowest BCUT2D eigenvalue weighted by Crippen LogP contribution is -2.35. The van der Waals surface area contributed by atoms with Gasteiger partial charge in [0.05, 0.1) is 18.6 Å². The summed E-state index contributed by atoms with van der Waals surface area (Å²) in [4.78, 5) is 12.7. The predicted molar refractivity (Wildman–Crippen MR) is 123 cm³/mol. The van der Waals surface area contributed by atoms with Crippen LogP contribution in [0.4, 0.5) is 0 Å². The third-order valence-corrected chi connectivity index (χ3v) is 7.42. The van der Waals surface area contributed by atoms with Crippen LogP contribution in [0.2, 0.25) is 0 Å². The number of aryl methyl sites for hydroxylation is 1. The summed E-state index contributed by atoms with van der Waals surface area (Å²) in [5.41, 5.74) is 1.66. The molecule has 1 aliphatic rings. The molecule has 2 aromatic rings. The van der Waals surface area contributed by atoms with Crippen molar-refractivity contribution < 1.29 is 22.7 Å². The minimum Gasteiger partial charge on any atom is -0.496 e. The van der Waals surface area contributed by atoms with E-state index in [1.807, 2.05) is 31.2 Å². The lowest BCUT2D eigenvalue weighted by molar-refractivity contribution is -0.121. The number of hydrogen-bond donors (Lipinski definition) is 1. The lowest BCUT2D eigenvalue weighted by Gasteiger charge is -2.26. The molecule has 1 aliphatic heterocycles. The molecule has 7 nitrogen and oxygen atoms in total. The summed E-state index contributed by atoms with van der Waals surface area (Å²) in [6.45, 7) is 4.02. The molecule has 0 aromatic heterocycles. The van der Waals surface area contributed by atoms with E-state index in [-0.39, 0.29) is 17.2 Å². The molecular weight excluding hydrogens is 428 g/mol. The topological polar surface area (TPSA) is 84.9 Å². The molecule has 32 heavy (non-hydrogen) atoms. The van der Waals surface area contributed by atoms with Crippen molar-refractivity contribution in [1.29, 1.82) is 0 Å². The summed E-state index contributed by atoms with van der Waals surface area (Å²) in [5, 5.41) is 2.91. The van der Waals surface area contributed by atoms with Crippen molar-refractivity contribution >= 4 is 15.9 Å². The van der Waals surface area contributed by atoms with E-state index in [2.05, 4.69) is 5.32 Å². The van der Waals surface area contributed by atoms with Gasteiger partial charge in [-0.1, -0.05) is 18.6 Å². The third kappa shape index (κ3) is 6.23. The summed E-state index contributed by atoms with van der Waals surface area (Å²) in [7, 11) is -1.99. The fraction of sp³-hybridized carbons (Fsp3) is 0.458. The molecule has 1 N–H and O–H groups in total. The molecule has 1 fully saturated rings. The van der Waals surface area contributed by atoms with Crippen LogP contribution in [-0.4, -0.2) is 45.4 Å². The van der Waals surface area contributed by atoms with Crippen molar-refractivity contribution in [2.75, 3.05) is 26.8 Å². The Balaban J connectivity index is 1.63. The van der Waals surface area contributed by atoms with Gasteiger partial charge >= 0.3 is 0 Å². The number of rotatable bonds is 10. The molecule has 2 aromatic carbocycles. The van der Waals surface area contributed by atoms with Gasteiger partial charge in [0.25, 0.3) is 0 Å². The maximum atomic E-state index is 13.0. The van der Waals surface area contributed by atoms with Crippen LogP contribution in [0, 0.1) is 0 Å². The largest absolute Gasteiger partial charge is 0.496 e. The summed E-state index contributed by atoms with van der Waals surface area (Å²) in [6, 6.07) is 12.5. The Bertz CT molecular complexity index is 1020. The number of hydrogen-bond acceptors (Lipinski definition) is 5. The predicted octanol–water partition coefficient (Wildman–Crippen LogP) is 3.52. The Labute approximate surface area is 190 Å². The second kappa shape index (κ2) is 11.3. The molecule has 0 saturated carbocycles. The first-order valence-corrected chi connectivity index (χ1v) is 12.5. The van der Waals surface area contributed by atoms with Gasteiger partial charge in [0, 0.05) is 26.1 Å². The standard InChI is InChI=1S/C24H32N2O5S/c1-3-31-21-9-7-8-19(16-21)18-25-24(27)13-10-20-17-22(11-12-23(20)30-2)32(28,29)26-14-5-4-6-15-26/h7-9,11-12,16-17H,3-6,10,13-15,18H2,1-2H3,(H,25,27). The van der Waals surface area contributed by atoms with Gasteiger partial charge in [-0.15, -0.1) is 0 Å². The van der Waals surface area contributed by atoms with Gasteiger partial charge in [0.2, 0.25) is 15.9 Å². The number of sulfonamides is 1. The Kier molecular flexibility index (Phi) is 8.53.